The van der Waals surface area contributed by atoms with E-state index in [-0.39, 0.29) is 19.1 Å². The molecular weight excluding hydrogens is 202 g/mol. The molecule has 0 saturated heterocycles. The summed E-state index contributed by atoms with van der Waals surface area (Å²) < 4.78 is 0. The average molecular weight is 219 g/mol. The molecule has 6 nitrogen and oxygen atoms in total. The van der Waals surface area contributed by atoms with E-state index in [9.17, 15) is 25.2 Å². The first-order valence-electron chi connectivity index (χ1n) is 4.71. The lowest BCUT2D eigenvalue weighted by Gasteiger charge is -2.48. The highest BCUT2D eigenvalue weighted by Crippen LogP contribution is 2.35. The number of carbonyl (C=O) groups excluding carboxylic acids is 1. The highest BCUT2D eigenvalue weighted by molar-refractivity contribution is 5.62. The first kappa shape index (κ1) is 12.5. The van der Waals surface area contributed by atoms with Crippen molar-refractivity contribution in [1.29, 1.82) is 0 Å². The van der Waals surface area contributed by atoms with Crippen LogP contribution in [0, 0.1) is 0 Å². The van der Waals surface area contributed by atoms with Crippen LogP contribution in [-0.2, 0) is 4.79 Å². The molecule has 1 aliphatic carbocycles. The van der Waals surface area contributed by atoms with Gasteiger partial charge in [0.25, 0.3) is 0 Å². The summed E-state index contributed by atoms with van der Waals surface area (Å²) in [6, 6.07) is 0. The minimum absolute atomic E-state index is 0.286. The summed E-state index contributed by atoms with van der Waals surface area (Å²) in [7, 11) is 3.00. The number of aliphatic hydroxyl groups is 4. The first-order valence-corrected chi connectivity index (χ1v) is 4.71. The second-order valence-electron chi connectivity index (χ2n) is 4.34. The smallest absolute Gasteiger partial charge is 0.170 e. The lowest BCUT2D eigenvalue weighted by molar-refractivity contribution is -0.259. The summed E-state index contributed by atoms with van der Waals surface area (Å²) >= 11 is 0. The Morgan fingerprint density at radius 1 is 1.20 bits per heavy atom. The lowest BCUT2D eigenvalue weighted by atomic mass is 9.76. The van der Waals surface area contributed by atoms with Crippen LogP contribution in [0.25, 0.3) is 0 Å². The van der Waals surface area contributed by atoms with Crippen LogP contribution in [0.1, 0.15) is 12.8 Å². The summed E-state index contributed by atoms with van der Waals surface area (Å²) in [6.45, 7) is 0. The van der Waals surface area contributed by atoms with Crippen molar-refractivity contribution < 1.29 is 25.2 Å². The fourth-order valence-corrected chi connectivity index (χ4v) is 1.97. The minimum Gasteiger partial charge on any atom is -0.388 e. The van der Waals surface area contributed by atoms with Crippen LogP contribution < -0.4 is 0 Å². The zero-order valence-electron chi connectivity index (χ0n) is 8.79. The molecule has 0 spiro atoms. The van der Waals surface area contributed by atoms with E-state index >= 15 is 0 Å². The van der Waals surface area contributed by atoms with Gasteiger partial charge in [-0.1, -0.05) is 0 Å². The molecule has 15 heavy (non-hydrogen) atoms. The van der Waals surface area contributed by atoms with Gasteiger partial charge in [-0.25, -0.2) is 0 Å². The molecule has 0 aliphatic heterocycles. The maximum absolute atomic E-state index is 10.6. The summed E-state index contributed by atoms with van der Waals surface area (Å²) in [4.78, 5) is 11.9. The SMILES string of the molecule is CN(C)C1(O)[C@H](O)CC(O)(C=O)C[C@H]1O. The van der Waals surface area contributed by atoms with Gasteiger partial charge < -0.3 is 25.2 Å². The molecule has 1 saturated carbocycles. The number of carbonyl (C=O) groups is 1. The molecule has 88 valence electrons. The van der Waals surface area contributed by atoms with E-state index in [2.05, 4.69) is 0 Å². The molecule has 1 fully saturated rings. The second kappa shape index (κ2) is 3.80. The topological polar surface area (TPSA) is 101 Å². The standard InChI is InChI=1S/C9H17NO5/c1-10(2)9(15)6(12)3-8(14,5-11)4-7(9)13/h5-7,12-15H,3-4H2,1-2H3/t6-,7-,8?,9?/m1/s1. The number of likely N-dealkylation sites (N-methyl/N-ethyl adjacent to an activating group) is 1. The van der Waals surface area contributed by atoms with Crippen molar-refractivity contribution in [2.24, 2.45) is 0 Å². The third-order valence-corrected chi connectivity index (χ3v) is 3.01. The molecule has 1 rings (SSSR count). The van der Waals surface area contributed by atoms with E-state index in [4.69, 9.17) is 0 Å². The predicted molar refractivity (Wildman–Crippen MR) is 50.9 cm³/mol. The molecule has 0 bridgehead atoms. The van der Waals surface area contributed by atoms with Gasteiger partial charge in [0, 0.05) is 12.8 Å². The molecule has 1 aliphatic rings. The molecule has 6 heteroatoms. The van der Waals surface area contributed by atoms with Gasteiger partial charge in [-0.15, -0.1) is 0 Å². The van der Waals surface area contributed by atoms with Crippen molar-refractivity contribution in [1.82, 2.24) is 4.90 Å². The maximum Gasteiger partial charge on any atom is 0.170 e. The fraction of sp³-hybridized carbons (Fsp3) is 0.889. The average Bonchev–Trinajstić information content (AvgIpc) is 2.13. The minimum atomic E-state index is -1.82. The van der Waals surface area contributed by atoms with Crippen molar-refractivity contribution in [3.63, 3.8) is 0 Å². The Morgan fingerprint density at radius 2 is 1.60 bits per heavy atom. The van der Waals surface area contributed by atoms with Gasteiger partial charge in [-0.05, 0) is 14.1 Å². The zero-order valence-corrected chi connectivity index (χ0v) is 8.79. The van der Waals surface area contributed by atoms with Crippen LogP contribution in [0.3, 0.4) is 0 Å². The van der Waals surface area contributed by atoms with Crippen molar-refractivity contribution in [3.8, 4) is 0 Å². The maximum atomic E-state index is 10.6. The number of rotatable bonds is 2. The van der Waals surface area contributed by atoms with E-state index in [0.29, 0.717) is 0 Å². The van der Waals surface area contributed by atoms with E-state index in [1.807, 2.05) is 0 Å². The Labute approximate surface area is 87.8 Å². The summed E-state index contributed by atoms with van der Waals surface area (Å²) in [6.07, 6.45) is -3.06. The Kier molecular flexibility index (Phi) is 3.18. The van der Waals surface area contributed by atoms with E-state index in [1.165, 1.54) is 19.0 Å². The van der Waals surface area contributed by atoms with E-state index in [0.717, 1.165) is 0 Å². The number of aldehydes is 1. The van der Waals surface area contributed by atoms with Crippen LogP contribution in [0.4, 0.5) is 0 Å². The molecule has 0 amide bonds. The van der Waals surface area contributed by atoms with Gasteiger partial charge in [0.2, 0.25) is 0 Å². The van der Waals surface area contributed by atoms with Gasteiger partial charge in [-0.2, -0.15) is 0 Å². The summed E-state index contributed by atoms with van der Waals surface area (Å²) in [5.41, 5.74) is -3.59. The van der Waals surface area contributed by atoms with Crippen molar-refractivity contribution in [2.45, 2.75) is 36.4 Å². The third kappa shape index (κ3) is 1.91. The molecule has 4 N–H and O–H groups in total. The molecule has 0 radical (unpaired) electrons. The molecule has 2 atom stereocenters. The summed E-state index contributed by atoms with van der Waals surface area (Å²) in [5, 5.41) is 39.0. The van der Waals surface area contributed by atoms with Crippen LogP contribution in [0.2, 0.25) is 0 Å². The van der Waals surface area contributed by atoms with Gasteiger partial charge in [0.15, 0.2) is 12.0 Å². The monoisotopic (exact) mass is 219 g/mol. The molecule has 0 aromatic heterocycles. The highest BCUT2D eigenvalue weighted by Gasteiger charge is 2.54. The number of hydrogen-bond acceptors (Lipinski definition) is 6. The van der Waals surface area contributed by atoms with Gasteiger partial charge >= 0.3 is 0 Å². The largest absolute Gasteiger partial charge is 0.388 e. The van der Waals surface area contributed by atoms with Gasteiger partial charge in [0.1, 0.15) is 17.8 Å². The van der Waals surface area contributed by atoms with E-state index < -0.39 is 23.5 Å². The summed E-state index contributed by atoms with van der Waals surface area (Å²) in [5.74, 6) is 0. The first-order chi connectivity index (χ1) is 6.76. The zero-order chi connectivity index (χ0) is 11.9. The number of aliphatic hydroxyl groups excluding tert-OH is 2. The Hall–Kier alpha value is -0.530. The third-order valence-electron chi connectivity index (χ3n) is 3.01. The van der Waals surface area contributed by atoms with Gasteiger partial charge in [-0.3, -0.25) is 4.90 Å². The fourth-order valence-electron chi connectivity index (χ4n) is 1.97. The number of hydrogen-bond donors (Lipinski definition) is 4. The molecular formula is C9H17NO5. The Morgan fingerprint density at radius 3 is 1.87 bits per heavy atom. The quantitative estimate of drug-likeness (QED) is 0.307. The van der Waals surface area contributed by atoms with Crippen molar-refractivity contribution in [3.05, 3.63) is 0 Å². The second-order valence-corrected chi connectivity index (χ2v) is 4.34. The molecule has 0 heterocycles. The normalized spacial score (nSPS) is 46.9. The lowest BCUT2D eigenvalue weighted by Crippen LogP contribution is -2.68. The van der Waals surface area contributed by atoms with Crippen LogP contribution in [0.15, 0.2) is 0 Å². The van der Waals surface area contributed by atoms with Gasteiger partial charge in [0.05, 0.1) is 0 Å². The molecule has 0 unspecified atom stereocenters. The van der Waals surface area contributed by atoms with Crippen molar-refractivity contribution >= 4 is 6.29 Å². The van der Waals surface area contributed by atoms with Crippen molar-refractivity contribution in [2.75, 3.05) is 14.1 Å². The van der Waals surface area contributed by atoms with E-state index in [1.54, 1.807) is 0 Å². The van der Waals surface area contributed by atoms with Crippen LogP contribution in [0.5, 0.6) is 0 Å². The number of nitrogens with zero attached hydrogens (tertiary/aromatic N) is 1. The molecule has 0 aromatic rings. The molecule has 0 aromatic carbocycles. The highest BCUT2D eigenvalue weighted by atomic mass is 16.4. The Balaban J connectivity index is 2.95. The predicted octanol–water partition coefficient (Wildman–Crippen LogP) is -2.32. The Bertz CT molecular complexity index is 243. The van der Waals surface area contributed by atoms with Crippen LogP contribution >= 0.6 is 0 Å². The van der Waals surface area contributed by atoms with Crippen LogP contribution in [-0.4, -0.2) is 69.2 Å².